The maximum absolute atomic E-state index is 12.5. The minimum atomic E-state index is -3.99. The van der Waals surface area contributed by atoms with Gasteiger partial charge in [-0.2, -0.15) is 8.42 Å². The normalized spacial score (nSPS) is 18.1. The van der Waals surface area contributed by atoms with E-state index in [-0.39, 0.29) is 10.6 Å². The number of benzene rings is 2. The summed E-state index contributed by atoms with van der Waals surface area (Å²) in [7, 11) is -3.99. The fourth-order valence-electron chi connectivity index (χ4n) is 2.78. The molecule has 2 N–H and O–H groups in total. The van der Waals surface area contributed by atoms with E-state index < -0.39 is 22.0 Å². The quantitative estimate of drug-likeness (QED) is 0.728. The number of hydrogen-bond donors (Lipinski definition) is 2. The number of nitrogens with zero attached hydrogens (tertiary/aromatic N) is 2. The summed E-state index contributed by atoms with van der Waals surface area (Å²) in [5, 5.41) is 11.9. The summed E-state index contributed by atoms with van der Waals surface area (Å²) in [6.07, 6.45) is 0.589. The van der Waals surface area contributed by atoms with Gasteiger partial charge in [-0.15, -0.1) is 0 Å². The van der Waals surface area contributed by atoms with E-state index in [1.54, 1.807) is 12.1 Å². The highest BCUT2D eigenvalue weighted by Crippen LogP contribution is 2.18. The van der Waals surface area contributed by atoms with Gasteiger partial charge >= 0.3 is 16.2 Å². The van der Waals surface area contributed by atoms with Crippen molar-refractivity contribution in [3.63, 3.8) is 0 Å². The minimum absolute atomic E-state index is 0.0573. The van der Waals surface area contributed by atoms with E-state index in [1.807, 2.05) is 0 Å². The van der Waals surface area contributed by atoms with Crippen molar-refractivity contribution in [2.45, 2.75) is 37.4 Å². The smallest absolute Gasteiger partial charge is 0.408 e. The van der Waals surface area contributed by atoms with Crippen LogP contribution in [0.25, 0.3) is 0 Å². The van der Waals surface area contributed by atoms with E-state index in [0.29, 0.717) is 10.7 Å². The molecule has 3 rings (SSSR count). The zero-order chi connectivity index (χ0) is 19.7. The third kappa shape index (κ3) is 4.25. The number of aryl methyl sites for hydroxylation is 1. The van der Waals surface area contributed by atoms with Crippen molar-refractivity contribution >= 4 is 16.2 Å². The molecular formula is C18H19N3O5S. The second-order valence-corrected chi connectivity index (χ2v) is 7.80. The van der Waals surface area contributed by atoms with E-state index >= 15 is 0 Å². The maximum Gasteiger partial charge on any atom is 0.408 e. The number of rotatable bonds is 6. The van der Waals surface area contributed by atoms with Gasteiger partial charge in [-0.25, -0.2) is 14.8 Å². The van der Waals surface area contributed by atoms with Gasteiger partial charge in [0.2, 0.25) is 5.79 Å². The van der Waals surface area contributed by atoms with Gasteiger partial charge in [0.25, 0.3) is 0 Å². The van der Waals surface area contributed by atoms with E-state index in [0.717, 1.165) is 18.4 Å². The Labute approximate surface area is 156 Å². The number of carboxylic acid groups (broad SMARTS) is 1. The number of amides is 1. The molecule has 0 spiro atoms. The van der Waals surface area contributed by atoms with E-state index in [2.05, 4.69) is 22.2 Å². The standard InChI is InChI=1S/C18H19N3O5S/c1-3-4-12-5-8-14(9-6-12)27(24,25)26-13-7-10-15-16(11-13)20-18(2,19-15)21-17(22)23/h5-11,21H,3-4H2,1-2H3,(H,22,23). The summed E-state index contributed by atoms with van der Waals surface area (Å²) in [4.78, 5) is 19.3. The first-order chi connectivity index (χ1) is 12.7. The Bertz CT molecular complexity index is 1100. The molecule has 0 saturated carbocycles. The predicted octanol–water partition coefficient (Wildman–Crippen LogP) is 1.60. The second kappa shape index (κ2) is 6.99. The molecule has 9 heteroatoms. The molecule has 0 radical (unpaired) electrons. The molecule has 0 saturated heterocycles. The average Bonchev–Trinajstić information content (AvgIpc) is 2.89. The van der Waals surface area contributed by atoms with Crippen LogP contribution in [0.4, 0.5) is 4.79 Å². The van der Waals surface area contributed by atoms with Crippen LogP contribution in [-0.2, 0) is 16.5 Å². The van der Waals surface area contributed by atoms with E-state index in [9.17, 15) is 13.2 Å². The number of carbonyl (C=O) groups is 1. The molecular weight excluding hydrogens is 370 g/mol. The topological polar surface area (TPSA) is 117 Å². The Morgan fingerprint density at radius 2 is 1.81 bits per heavy atom. The van der Waals surface area contributed by atoms with Crippen molar-refractivity contribution in [3.8, 4) is 5.75 Å². The van der Waals surface area contributed by atoms with Crippen LogP contribution in [0.2, 0.25) is 0 Å². The van der Waals surface area contributed by atoms with Crippen LogP contribution in [0.3, 0.4) is 0 Å². The largest absolute Gasteiger partial charge is 0.465 e. The van der Waals surface area contributed by atoms with Gasteiger partial charge in [-0.1, -0.05) is 25.5 Å². The van der Waals surface area contributed by atoms with Crippen molar-refractivity contribution in [1.29, 1.82) is 0 Å². The van der Waals surface area contributed by atoms with Gasteiger partial charge in [0.15, 0.2) is 0 Å². The van der Waals surface area contributed by atoms with Gasteiger partial charge in [0.05, 0.1) is 10.7 Å². The van der Waals surface area contributed by atoms with Crippen LogP contribution >= 0.6 is 0 Å². The summed E-state index contributed by atoms with van der Waals surface area (Å²) in [5.74, 6) is -1.27. The summed E-state index contributed by atoms with van der Waals surface area (Å²) in [5.41, 5.74) is 1.06. The summed E-state index contributed by atoms with van der Waals surface area (Å²) >= 11 is 0. The average molecular weight is 389 g/mol. The fraction of sp³-hybridized carbons (Fsp3) is 0.278. The van der Waals surface area contributed by atoms with Crippen LogP contribution in [0.15, 0.2) is 57.3 Å². The van der Waals surface area contributed by atoms with Crippen LogP contribution in [-0.4, -0.2) is 25.4 Å². The molecule has 0 fully saturated rings. The highest BCUT2D eigenvalue weighted by Gasteiger charge is 2.27. The molecule has 0 bridgehead atoms. The summed E-state index contributed by atoms with van der Waals surface area (Å²) in [6.45, 7) is 3.55. The first-order valence-electron chi connectivity index (χ1n) is 8.35. The van der Waals surface area contributed by atoms with Crippen LogP contribution in [0.1, 0.15) is 25.8 Å². The van der Waals surface area contributed by atoms with Crippen molar-refractivity contribution in [2.75, 3.05) is 0 Å². The first-order valence-corrected chi connectivity index (χ1v) is 9.76. The third-order valence-corrected chi connectivity index (χ3v) is 5.18. The molecule has 1 heterocycles. The Hall–Kier alpha value is -2.94. The number of fused-ring (bicyclic) bond motifs is 1. The lowest BCUT2D eigenvalue weighted by Gasteiger charge is -2.16. The van der Waals surface area contributed by atoms with Crippen molar-refractivity contribution < 1.29 is 22.5 Å². The molecule has 8 nitrogen and oxygen atoms in total. The SMILES string of the molecule is CCCc1ccc(S(=O)(=O)Oc2ccc3c(c2)=NC(C)(NC(=O)O)N=3)cc1. The Morgan fingerprint density at radius 3 is 2.44 bits per heavy atom. The molecule has 2 aromatic rings. The molecule has 142 valence electrons. The molecule has 27 heavy (non-hydrogen) atoms. The third-order valence-electron chi connectivity index (χ3n) is 3.92. The lowest BCUT2D eigenvalue weighted by Crippen LogP contribution is -2.41. The number of hydrogen-bond acceptors (Lipinski definition) is 6. The van der Waals surface area contributed by atoms with Crippen LogP contribution in [0.5, 0.6) is 5.75 Å². The monoisotopic (exact) mass is 389 g/mol. The van der Waals surface area contributed by atoms with E-state index in [4.69, 9.17) is 9.29 Å². The minimum Gasteiger partial charge on any atom is -0.465 e. The molecule has 0 aliphatic carbocycles. The van der Waals surface area contributed by atoms with Gasteiger partial charge in [-0.3, -0.25) is 5.32 Å². The molecule has 1 atom stereocenters. The zero-order valence-electron chi connectivity index (χ0n) is 14.8. The van der Waals surface area contributed by atoms with Crippen molar-refractivity contribution in [2.24, 2.45) is 9.98 Å². The lowest BCUT2D eigenvalue weighted by atomic mass is 10.1. The number of nitrogens with one attached hydrogen (secondary N) is 1. The molecule has 2 aromatic carbocycles. The van der Waals surface area contributed by atoms with Gasteiger partial charge in [0.1, 0.15) is 10.6 Å². The molecule has 1 aliphatic heterocycles. The summed E-state index contributed by atoms with van der Waals surface area (Å²) < 4.78 is 30.2. The zero-order valence-corrected chi connectivity index (χ0v) is 15.7. The lowest BCUT2D eigenvalue weighted by molar-refractivity contribution is 0.182. The van der Waals surface area contributed by atoms with E-state index in [1.165, 1.54) is 37.3 Å². The molecule has 1 aliphatic rings. The van der Waals surface area contributed by atoms with Crippen LogP contribution < -0.4 is 20.2 Å². The molecule has 0 aromatic heterocycles. The molecule has 1 unspecified atom stereocenters. The van der Waals surface area contributed by atoms with Crippen molar-refractivity contribution in [3.05, 3.63) is 58.7 Å². The van der Waals surface area contributed by atoms with Gasteiger partial charge < -0.3 is 9.29 Å². The molecule has 1 amide bonds. The second-order valence-electron chi connectivity index (χ2n) is 6.26. The van der Waals surface area contributed by atoms with Gasteiger partial charge in [0, 0.05) is 13.0 Å². The Balaban J connectivity index is 1.86. The highest BCUT2D eigenvalue weighted by atomic mass is 32.2. The van der Waals surface area contributed by atoms with Crippen LogP contribution in [0, 0.1) is 0 Å². The predicted molar refractivity (Wildman–Crippen MR) is 96.6 cm³/mol. The Kier molecular flexibility index (Phi) is 4.88. The Morgan fingerprint density at radius 1 is 1.15 bits per heavy atom. The van der Waals surface area contributed by atoms with Gasteiger partial charge in [-0.05, 0) is 36.2 Å². The fourth-order valence-corrected chi connectivity index (χ4v) is 3.70. The highest BCUT2D eigenvalue weighted by molar-refractivity contribution is 7.87. The first kappa shape index (κ1) is 18.8. The van der Waals surface area contributed by atoms with Crippen molar-refractivity contribution in [1.82, 2.24) is 5.32 Å². The maximum atomic E-state index is 12.5. The summed E-state index contributed by atoms with van der Waals surface area (Å²) in [6, 6.07) is 11.0.